The molecule has 5 saturated heterocycles. The molecule has 0 radical (unpaired) electrons. The van der Waals surface area contributed by atoms with E-state index < -0.39 is 98.7 Å². The van der Waals surface area contributed by atoms with E-state index >= 15 is 0 Å². The highest BCUT2D eigenvalue weighted by molar-refractivity contribution is 5.26. The second kappa shape index (κ2) is 16.8. The molecule has 0 amide bonds. The van der Waals surface area contributed by atoms with Crippen LogP contribution in [-0.4, -0.2) is 164 Å². The van der Waals surface area contributed by atoms with Crippen LogP contribution in [0.1, 0.15) is 99.3 Å². The van der Waals surface area contributed by atoms with Gasteiger partial charge < -0.3 is 74.0 Å². The Hall–Kier alpha value is -0.900. The lowest BCUT2D eigenvalue weighted by atomic mass is 9.47. The van der Waals surface area contributed by atoms with Crippen molar-refractivity contribution in [1.29, 1.82) is 0 Å². The van der Waals surface area contributed by atoms with Crippen molar-refractivity contribution in [2.75, 3.05) is 13.2 Å². The van der Waals surface area contributed by atoms with Gasteiger partial charge in [0.1, 0.15) is 66.8 Å². The number of piperidine rings is 1. The summed E-state index contributed by atoms with van der Waals surface area (Å²) in [5.74, 6) is 3.43. The summed E-state index contributed by atoms with van der Waals surface area (Å²) in [7, 11) is 0. The molecular formula is C45H73NO15. The van der Waals surface area contributed by atoms with Gasteiger partial charge in [0.05, 0.1) is 31.0 Å². The molecule has 0 bridgehead atoms. The van der Waals surface area contributed by atoms with Crippen LogP contribution in [0.25, 0.3) is 0 Å². The lowest BCUT2D eigenvalue weighted by molar-refractivity contribution is -0.388. The van der Waals surface area contributed by atoms with Crippen LogP contribution in [0.4, 0.5) is 0 Å². The molecule has 3 saturated carbocycles. The first-order valence-electron chi connectivity index (χ1n) is 23.3. The van der Waals surface area contributed by atoms with Crippen LogP contribution >= 0.6 is 0 Å². The quantitative estimate of drug-likeness (QED) is 0.161. The van der Waals surface area contributed by atoms with Gasteiger partial charge in [0.2, 0.25) is 0 Å². The van der Waals surface area contributed by atoms with Crippen LogP contribution in [0, 0.1) is 46.3 Å². The fourth-order valence-electron chi connectivity index (χ4n) is 14.2. The Morgan fingerprint density at radius 1 is 0.705 bits per heavy atom. The highest BCUT2D eigenvalue weighted by Crippen LogP contribution is 2.70. The fraction of sp³-hybridized carbons (Fsp3) is 0.956. The van der Waals surface area contributed by atoms with E-state index in [9.17, 15) is 40.9 Å². The van der Waals surface area contributed by atoms with Crippen molar-refractivity contribution >= 4 is 0 Å². The molecule has 348 valence electrons. The highest BCUT2D eigenvalue weighted by Gasteiger charge is 2.68. The minimum atomic E-state index is -1.70. The Kier molecular flexibility index (Phi) is 12.4. The van der Waals surface area contributed by atoms with E-state index in [1.54, 1.807) is 0 Å². The van der Waals surface area contributed by atoms with Gasteiger partial charge in [-0.3, -0.25) is 5.32 Å². The number of rotatable bonds is 7. The van der Waals surface area contributed by atoms with E-state index in [0.29, 0.717) is 54.5 Å². The summed E-state index contributed by atoms with van der Waals surface area (Å²) in [6.45, 7) is 13.2. The van der Waals surface area contributed by atoms with Crippen molar-refractivity contribution in [2.24, 2.45) is 46.3 Å². The molecule has 4 aliphatic carbocycles. The molecule has 5 aliphatic heterocycles. The minimum absolute atomic E-state index is 0.00472. The van der Waals surface area contributed by atoms with Crippen LogP contribution in [0.2, 0.25) is 0 Å². The van der Waals surface area contributed by atoms with E-state index in [1.807, 2.05) is 0 Å². The third kappa shape index (κ3) is 7.42. The number of ether oxygens (including phenoxy) is 7. The molecule has 9 aliphatic rings. The highest BCUT2D eigenvalue weighted by atomic mass is 16.8. The second-order valence-corrected chi connectivity index (χ2v) is 21.2. The van der Waals surface area contributed by atoms with Gasteiger partial charge in [0.25, 0.3) is 0 Å². The molecule has 0 aromatic carbocycles. The molecule has 16 heteroatoms. The predicted octanol–water partition coefficient (Wildman–Crippen LogP) is 0.815. The van der Waals surface area contributed by atoms with Crippen LogP contribution in [0.3, 0.4) is 0 Å². The van der Waals surface area contributed by atoms with Crippen molar-refractivity contribution in [3.05, 3.63) is 11.6 Å². The molecule has 8 fully saturated rings. The maximum absolute atomic E-state index is 12.0. The van der Waals surface area contributed by atoms with E-state index in [2.05, 4.69) is 39.1 Å². The van der Waals surface area contributed by atoms with E-state index in [0.717, 1.165) is 32.2 Å². The number of fused-ring (bicyclic) bond motifs is 7. The summed E-state index contributed by atoms with van der Waals surface area (Å²) in [6.07, 6.45) is -9.93. The SMILES string of the molecule is C[C@H]1CC[C@]2(NC1)O[C@@H]1C[C@@H]3[C@H]4CC=C5C[C@H](O[C@H]6O[C@@H](CO)[C@H](O[C@H]7O[C@H](C)[C@@H](O)[C@H](O)[C@@H]7O)[C@@H](O)[C@@H]6O[C@H]6O[C@H](C)[C@@H](O)[C@H](O)[C@@H]6O)CC[C@@]5(C)[C@@H]4CC[C@@]3(C)[C@@H]1[C@H]2C. The van der Waals surface area contributed by atoms with Crippen molar-refractivity contribution in [2.45, 2.75) is 209 Å². The van der Waals surface area contributed by atoms with Gasteiger partial charge in [-0.2, -0.15) is 0 Å². The summed E-state index contributed by atoms with van der Waals surface area (Å²) in [5, 5.41) is 89.8. The Morgan fingerprint density at radius 2 is 1.36 bits per heavy atom. The Bertz CT molecular complexity index is 1600. The van der Waals surface area contributed by atoms with Gasteiger partial charge in [-0.25, -0.2) is 0 Å². The third-order valence-corrected chi connectivity index (χ3v) is 17.9. The Morgan fingerprint density at radius 3 is 1.98 bits per heavy atom. The number of hydrogen-bond donors (Lipinski definition) is 9. The molecule has 9 rings (SSSR count). The molecule has 0 unspecified atom stereocenters. The number of nitrogens with one attached hydrogen (secondary N) is 1. The average molecular weight is 868 g/mol. The number of aliphatic hydroxyl groups excluding tert-OH is 8. The van der Waals surface area contributed by atoms with Crippen molar-refractivity contribution in [1.82, 2.24) is 5.32 Å². The third-order valence-electron chi connectivity index (χ3n) is 17.9. The monoisotopic (exact) mass is 867 g/mol. The maximum Gasteiger partial charge on any atom is 0.187 e. The maximum atomic E-state index is 12.0. The van der Waals surface area contributed by atoms with Crippen LogP contribution in [0.5, 0.6) is 0 Å². The molecule has 26 atom stereocenters. The first-order valence-corrected chi connectivity index (χ1v) is 23.3. The number of aliphatic hydroxyl groups is 8. The Balaban J connectivity index is 0.916. The summed E-state index contributed by atoms with van der Waals surface area (Å²) >= 11 is 0. The minimum Gasteiger partial charge on any atom is -0.394 e. The molecular weight excluding hydrogens is 794 g/mol. The topological polar surface area (TPSA) is 238 Å². The number of allylic oxidation sites excluding steroid dienone is 1. The molecule has 5 heterocycles. The summed E-state index contributed by atoms with van der Waals surface area (Å²) in [6, 6.07) is 0. The van der Waals surface area contributed by atoms with Crippen LogP contribution in [0.15, 0.2) is 11.6 Å². The molecule has 16 nitrogen and oxygen atoms in total. The first-order chi connectivity index (χ1) is 28.9. The molecule has 1 spiro atoms. The van der Waals surface area contributed by atoms with Gasteiger partial charge in [-0.05, 0) is 112 Å². The number of hydrogen-bond acceptors (Lipinski definition) is 16. The predicted molar refractivity (Wildman–Crippen MR) is 215 cm³/mol. The molecule has 9 N–H and O–H groups in total. The Labute approximate surface area is 359 Å². The zero-order valence-electron chi connectivity index (χ0n) is 36.6. The molecule has 0 aromatic heterocycles. The molecule has 0 aromatic rings. The van der Waals surface area contributed by atoms with Crippen molar-refractivity contribution in [3.63, 3.8) is 0 Å². The van der Waals surface area contributed by atoms with E-state index in [1.165, 1.54) is 38.7 Å². The average Bonchev–Trinajstić information content (AvgIpc) is 3.69. The summed E-state index contributed by atoms with van der Waals surface area (Å²) in [4.78, 5) is 0. The largest absolute Gasteiger partial charge is 0.394 e. The van der Waals surface area contributed by atoms with E-state index in [4.69, 9.17) is 33.2 Å². The van der Waals surface area contributed by atoms with Gasteiger partial charge in [0.15, 0.2) is 18.9 Å². The van der Waals surface area contributed by atoms with Crippen LogP contribution in [-0.2, 0) is 33.2 Å². The smallest absolute Gasteiger partial charge is 0.187 e. The second-order valence-electron chi connectivity index (χ2n) is 21.2. The summed E-state index contributed by atoms with van der Waals surface area (Å²) in [5.41, 5.74) is 1.41. The zero-order valence-corrected chi connectivity index (χ0v) is 36.6. The fourth-order valence-corrected chi connectivity index (χ4v) is 14.2. The van der Waals surface area contributed by atoms with Crippen LogP contribution < -0.4 is 5.32 Å². The summed E-state index contributed by atoms with van der Waals surface area (Å²) < 4.78 is 43.7. The van der Waals surface area contributed by atoms with Gasteiger partial charge in [0, 0.05) is 12.5 Å². The van der Waals surface area contributed by atoms with Gasteiger partial charge >= 0.3 is 0 Å². The van der Waals surface area contributed by atoms with Gasteiger partial charge in [-0.1, -0.05) is 39.3 Å². The lowest BCUT2D eigenvalue weighted by Gasteiger charge is -2.59. The van der Waals surface area contributed by atoms with Crippen molar-refractivity contribution < 1.29 is 74.0 Å². The lowest BCUT2D eigenvalue weighted by Crippen LogP contribution is -2.66. The van der Waals surface area contributed by atoms with Gasteiger partial charge in [-0.15, -0.1) is 0 Å². The standard InChI is InChI=1S/C45H73NO15/c1-19-9-14-45(46-17-19)20(2)30-28(61-45)16-27-25-8-7-23-15-24(10-12-43(23,5)26(25)11-13-44(27,30)6)57-42-39(60-41-36(53)34(51)32(49)22(4)56-41)37(54)38(29(18-47)58-42)59-40-35(52)33(50)31(48)21(3)55-40/h7,19-22,24-42,46-54H,8-18H2,1-6H3/t19-,20+,21+,22+,24+,25-,26+,27+,28+,29-,30+,31+,32+,33-,34-,35-,36-,37+,38-,39-,40+,41+,42-,43+,44+,45-/m0/s1. The van der Waals surface area contributed by atoms with E-state index in [-0.39, 0.29) is 22.7 Å². The normalized spacial score (nSPS) is 58.4. The first kappa shape index (κ1) is 45.3. The molecule has 61 heavy (non-hydrogen) atoms. The van der Waals surface area contributed by atoms with Crippen molar-refractivity contribution in [3.8, 4) is 0 Å². The zero-order chi connectivity index (χ0) is 43.5.